The highest BCUT2D eigenvalue weighted by Crippen LogP contribution is 2.32. The summed E-state index contributed by atoms with van der Waals surface area (Å²) in [5.41, 5.74) is -2.31. The van der Waals surface area contributed by atoms with E-state index in [-0.39, 0.29) is 6.61 Å². The highest BCUT2D eigenvalue weighted by molar-refractivity contribution is 6.06. The molecule has 0 atom stereocenters. The van der Waals surface area contributed by atoms with Crippen LogP contribution in [0.2, 0.25) is 0 Å². The second kappa shape index (κ2) is 5.81. The maximum atomic E-state index is 13.6. The molecule has 0 N–H and O–H groups in total. The topological polar surface area (TPSA) is 43.4 Å². The number of alkyl halides is 3. The van der Waals surface area contributed by atoms with Gasteiger partial charge in [-0.25, -0.2) is 4.39 Å². The molecule has 0 radical (unpaired) electrons. The quantitative estimate of drug-likeness (QED) is 0.368. The molecule has 104 valence electrons. The van der Waals surface area contributed by atoms with Crippen LogP contribution in [0.5, 0.6) is 0 Å². The number of halogens is 4. The highest BCUT2D eigenvalue weighted by Gasteiger charge is 2.35. The highest BCUT2D eigenvalue weighted by atomic mass is 19.4. The van der Waals surface area contributed by atoms with Gasteiger partial charge in [0.05, 0.1) is 17.7 Å². The maximum absolute atomic E-state index is 13.6. The molecule has 0 spiro atoms. The van der Waals surface area contributed by atoms with Crippen molar-refractivity contribution in [1.82, 2.24) is 0 Å². The number of esters is 1. The number of rotatable bonds is 4. The monoisotopic (exact) mass is 278 g/mol. The molecule has 0 aliphatic heterocycles. The molecule has 0 heterocycles. The van der Waals surface area contributed by atoms with Crippen molar-refractivity contribution in [3.8, 4) is 0 Å². The zero-order valence-electron chi connectivity index (χ0n) is 9.88. The molecule has 0 fully saturated rings. The molecular weight excluding hydrogens is 268 g/mol. The Morgan fingerprint density at radius 1 is 1.26 bits per heavy atom. The first-order chi connectivity index (χ1) is 8.77. The molecule has 0 unspecified atom stereocenters. The summed E-state index contributed by atoms with van der Waals surface area (Å²) in [5.74, 6) is -3.64. The molecule has 0 aliphatic carbocycles. The number of carbonyl (C=O) groups excluding carboxylic acids is 2. The Labute approximate surface area is 106 Å². The van der Waals surface area contributed by atoms with Gasteiger partial charge >= 0.3 is 12.1 Å². The van der Waals surface area contributed by atoms with Crippen LogP contribution >= 0.6 is 0 Å². The lowest BCUT2D eigenvalue weighted by Crippen LogP contribution is -2.15. The molecule has 1 rings (SSSR count). The van der Waals surface area contributed by atoms with Crippen LogP contribution in [-0.2, 0) is 15.7 Å². The van der Waals surface area contributed by atoms with E-state index in [1.165, 1.54) is 6.92 Å². The van der Waals surface area contributed by atoms with Gasteiger partial charge in [0.25, 0.3) is 0 Å². The lowest BCUT2D eigenvalue weighted by Gasteiger charge is -2.10. The third-order valence-corrected chi connectivity index (χ3v) is 2.21. The summed E-state index contributed by atoms with van der Waals surface area (Å²) in [4.78, 5) is 22.6. The Bertz CT molecular complexity index is 494. The zero-order chi connectivity index (χ0) is 14.6. The van der Waals surface area contributed by atoms with Gasteiger partial charge in [0.15, 0.2) is 5.78 Å². The Morgan fingerprint density at radius 2 is 1.89 bits per heavy atom. The van der Waals surface area contributed by atoms with Crippen LogP contribution in [0, 0.1) is 5.82 Å². The summed E-state index contributed by atoms with van der Waals surface area (Å²) in [6.45, 7) is 1.53. The van der Waals surface area contributed by atoms with Crippen LogP contribution in [0.1, 0.15) is 29.3 Å². The summed E-state index contributed by atoms with van der Waals surface area (Å²) in [5, 5.41) is 0. The molecule has 1 aromatic carbocycles. The molecule has 1 aromatic rings. The van der Waals surface area contributed by atoms with Gasteiger partial charge in [-0.05, 0) is 19.1 Å². The molecular formula is C12H10F4O3. The van der Waals surface area contributed by atoms with E-state index in [1.807, 2.05) is 0 Å². The van der Waals surface area contributed by atoms with Gasteiger partial charge in [-0.2, -0.15) is 13.2 Å². The van der Waals surface area contributed by atoms with E-state index in [2.05, 4.69) is 4.74 Å². The number of carbonyl (C=O) groups is 2. The normalized spacial score (nSPS) is 11.2. The molecule has 7 heteroatoms. The smallest absolute Gasteiger partial charge is 0.419 e. The molecule has 0 aromatic heterocycles. The Kier molecular flexibility index (Phi) is 4.63. The Morgan fingerprint density at radius 3 is 2.42 bits per heavy atom. The second-order valence-corrected chi connectivity index (χ2v) is 3.57. The fraction of sp³-hybridized carbons (Fsp3) is 0.333. The van der Waals surface area contributed by atoms with Crippen LogP contribution < -0.4 is 0 Å². The van der Waals surface area contributed by atoms with Crippen molar-refractivity contribution in [3.63, 3.8) is 0 Å². The third kappa shape index (κ3) is 3.77. The lowest BCUT2D eigenvalue weighted by molar-refractivity contribution is -0.142. The molecule has 0 saturated carbocycles. The van der Waals surface area contributed by atoms with Crippen molar-refractivity contribution >= 4 is 11.8 Å². The summed E-state index contributed by atoms with van der Waals surface area (Å²) in [6.07, 6.45) is -5.70. The van der Waals surface area contributed by atoms with Crippen molar-refractivity contribution in [2.45, 2.75) is 19.5 Å². The Hall–Kier alpha value is -1.92. The average molecular weight is 278 g/mol. The van der Waals surface area contributed by atoms with E-state index in [4.69, 9.17) is 0 Å². The average Bonchev–Trinajstić information content (AvgIpc) is 2.27. The second-order valence-electron chi connectivity index (χ2n) is 3.57. The predicted octanol–water partition coefficient (Wildman–Crippen LogP) is 2.98. The van der Waals surface area contributed by atoms with Crippen molar-refractivity contribution in [2.75, 3.05) is 6.61 Å². The minimum atomic E-state index is -4.90. The van der Waals surface area contributed by atoms with Crippen molar-refractivity contribution in [2.24, 2.45) is 0 Å². The molecule has 3 nitrogen and oxygen atoms in total. The number of benzene rings is 1. The van der Waals surface area contributed by atoms with Crippen LogP contribution in [0.25, 0.3) is 0 Å². The van der Waals surface area contributed by atoms with Gasteiger partial charge in [-0.15, -0.1) is 0 Å². The third-order valence-electron chi connectivity index (χ3n) is 2.21. The van der Waals surface area contributed by atoms with E-state index >= 15 is 0 Å². The summed E-state index contributed by atoms with van der Waals surface area (Å²) >= 11 is 0. The predicted molar refractivity (Wildman–Crippen MR) is 57.0 cm³/mol. The largest absolute Gasteiger partial charge is 0.466 e. The fourth-order valence-electron chi connectivity index (χ4n) is 1.40. The first-order valence-corrected chi connectivity index (χ1v) is 5.32. The van der Waals surface area contributed by atoms with Crippen LogP contribution in [-0.4, -0.2) is 18.4 Å². The van der Waals surface area contributed by atoms with E-state index in [0.29, 0.717) is 6.07 Å². The van der Waals surface area contributed by atoms with Crippen LogP contribution in [0.15, 0.2) is 18.2 Å². The minimum absolute atomic E-state index is 0.0250. The van der Waals surface area contributed by atoms with E-state index in [9.17, 15) is 27.2 Å². The van der Waals surface area contributed by atoms with Crippen molar-refractivity contribution in [1.29, 1.82) is 0 Å². The zero-order valence-corrected chi connectivity index (χ0v) is 9.88. The maximum Gasteiger partial charge on any atom is 0.419 e. The first kappa shape index (κ1) is 15.1. The van der Waals surface area contributed by atoms with Gasteiger partial charge in [0, 0.05) is 0 Å². The molecule has 0 saturated heterocycles. The summed E-state index contributed by atoms with van der Waals surface area (Å²) in [7, 11) is 0. The first-order valence-electron chi connectivity index (χ1n) is 5.32. The Balaban J connectivity index is 3.02. The van der Waals surface area contributed by atoms with Crippen LogP contribution in [0.3, 0.4) is 0 Å². The number of Topliss-reactive ketones (excluding diaryl/α,β-unsaturated/α-hetero) is 1. The van der Waals surface area contributed by atoms with Crippen molar-refractivity contribution < 1.29 is 31.9 Å². The van der Waals surface area contributed by atoms with Crippen LogP contribution in [0.4, 0.5) is 17.6 Å². The standard InChI is InChI=1S/C12H10F4O3/c1-2-19-10(18)6-9(17)7-4-3-5-8(11(7)13)12(14,15)16/h3-5H,2,6H2,1H3. The van der Waals surface area contributed by atoms with E-state index in [1.54, 1.807) is 0 Å². The molecule has 0 aliphatic rings. The molecule has 19 heavy (non-hydrogen) atoms. The summed E-state index contributed by atoms with van der Waals surface area (Å²) < 4.78 is 55.3. The van der Waals surface area contributed by atoms with Gasteiger partial charge in [0.1, 0.15) is 12.2 Å². The van der Waals surface area contributed by atoms with Gasteiger partial charge in [-0.3, -0.25) is 9.59 Å². The van der Waals surface area contributed by atoms with Crippen molar-refractivity contribution in [3.05, 3.63) is 35.1 Å². The number of hydrogen-bond acceptors (Lipinski definition) is 3. The number of hydrogen-bond donors (Lipinski definition) is 0. The van der Waals surface area contributed by atoms with Gasteiger partial charge in [-0.1, -0.05) is 6.07 Å². The van der Waals surface area contributed by atoms with Gasteiger partial charge < -0.3 is 4.74 Å². The van der Waals surface area contributed by atoms with E-state index < -0.39 is 41.3 Å². The fourth-order valence-corrected chi connectivity index (χ4v) is 1.40. The number of ketones is 1. The van der Waals surface area contributed by atoms with Gasteiger partial charge in [0.2, 0.25) is 0 Å². The lowest BCUT2D eigenvalue weighted by atomic mass is 10.0. The minimum Gasteiger partial charge on any atom is -0.466 e. The SMILES string of the molecule is CCOC(=O)CC(=O)c1cccc(C(F)(F)F)c1F. The molecule has 0 amide bonds. The number of ether oxygens (including phenoxy) is 1. The van der Waals surface area contributed by atoms with E-state index in [0.717, 1.165) is 12.1 Å². The molecule has 0 bridgehead atoms. The summed E-state index contributed by atoms with van der Waals surface area (Å²) in [6, 6.07) is 2.33.